The monoisotopic (exact) mass is 334 g/mol. The maximum Gasteiger partial charge on any atom is 0.119 e. The Labute approximate surface area is 147 Å². The lowest BCUT2D eigenvalue weighted by atomic mass is 10.0. The molecule has 1 aliphatic rings. The number of H-pyrrole nitrogens is 1. The molecule has 0 saturated heterocycles. The number of rotatable bonds is 4. The van der Waals surface area contributed by atoms with E-state index >= 15 is 0 Å². The highest BCUT2D eigenvalue weighted by atomic mass is 16.5. The third-order valence-corrected chi connectivity index (χ3v) is 4.58. The zero-order chi connectivity index (χ0) is 17.1. The fourth-order valence-electron chi connectivity index (χ4n) is 3.26. The van der Waals surface area contributed by atoms with Gasteiger partial charge >= 0.3 is 0 Å². The van der Waals surface area contributed by atoms with E-state index in [1.54, 1.807) is 7.11 Å². The molecule has 3 aromatic rings. The van der Waals surface area contributed by atoms with E-state index in [0.717, 1.165) is 36.7 Å². The summed E-state index contributed by atoms with van der Waals surface area (Å²) in [5, 5.41) is 8.33. The van der Waals surface area contributed by atoms with E-state index in [-0.39, 0.29) is 6.04 Å². The van der Waals surface area contributed by atoms with Crippen LogP contribution in [0.3, 0.4) is 0 Å². The molecule has 0 aliphatic carbocycles. The van der Waals surface area contributed by atoms with Crippen molar-refractivity contribution in [3.05, 3.63) is 65.9 Å². The Kier molecular flexibility index (Phi) is 4.39. The van der Waals surface area contributed by atoms with Gasteiger partial charge < -0.3 is 20.4 Å². The maximum atomic E-state index is 5.21. The highest BCUT2D eigenvalue weighted by Crippen LogP contribution is 2.25. The van der Waals surface area contributed by atoms with E-state index in [2.05, 4.69) is 52.1 Å². The van der Waals surface area contributed by atoms with E-state index in [1.807, 2.05) is 18.2 Å². The molecule has 0 radical (unpaired) electrons. The second kappa shape index (κ2) is 6.99. The first-order valence-corrected chi connectivity index (χ1v) is 8.55. The van der Waals surface area contributed by atoms with E-state index in [4.69, 9.17) is 9.73 Å². The summed E-state index contributed by atoms with van der Waals surface area (Å²) in [6.45, 7) is 2.42. The average Bonchev–Trinajstić information content (AvgIpc) is 3.11. The highest BCUT2D eigenvalue weighted by molar-refractivity contribution is 5.94. The lowest BCUT2D eigenvalue weighted by Crippen LogP contribution is -2.42. The predicted molar refractivity (Wildman–Crippen MR) is 101 cm³/mol. The van der Waals surface area contributed by atoms with Crippen molar-refractivity contribution in [2.75, 3.05) is 20.2 Å². The molecule has 5 heteroatoms. The van der Waals surface area contributed by atoms with Crippen LogP contribution in [0.2, 0.25) is 0 Å². The fraction of sp³-hybridized carbons (Fsp3) is 0.250. The third kappa shape index (κ3) is 3.23. The molecule has 0 amide bonds. The van der Waals surface area contributed by atoms with Crippen molar-refractivity contribution in [1.82, 2.24) is 15.6 Å². The van der Waals surface area contributed by atoms with Gasteiger partial charge in [-0.05, 0) is 23.8 Å². The average molecular weight is 334 g/mol. The van der Waals surface area contributed by atoms with Gasteiger partial charge in [0, 0.05) is 35.8 Å². The zero-order valence-electron chi connectivity index (χ0n) is 14.3. The summed E-state index contributed by atoms with van der Waals surface area (Å²) < 4.78 is 5.21. The van der Waals surface area contributed by atoms with Gasteiger partial charge in [0.2, 0.25) is 0 Å². The van der Waals surface area contributed by atoms with Gasteiger partial charge in [0.1, 0.15) is 11.6 Å². The van der Waals surface area contributed by atoms with Gasteiger partial charge in [-0.25, -0.2) is 0 Å². The number of fused-ring (bicyclic) bond motifs is 1. The van der Waals surface area contributed by atoms with Crippen LogP contribution in [0.1, 0.15) is 17.2 Å². The molecule has 1 aromatic heterocycles. The van der Waals surface area contributed by atoms with Crippen molar-refractivity contribution in [1.29, 1.82) is 0 Å². The SMILES string of the molecule is COc1ccc(CNC2=NCCNC2c2c[nH]c3ccccc23)cc1. The van der Waals surface area contributed by atoms with Gasteiger partial charge in [-0.3, -0.25) is 4.99 Å². The molecule has 5 nitrogen and oxygen atoms in total. The van der Waals surface area contributed by atoms with Crippen molar-refractivity contribution in [3.63, 3.8) is 0 Å². The topological polar surface area (TPSA) is 61.4 Å². The molecule has 2 aromatic carbocycles. The summed E-state index contributed by atoms with van der Waals surface area (Å²) in [6, 6.07) is 16.6. The Bertz CT molecular complexity index is 882. The number of hydrogen-bond donors (Lipinski definition) is 3. The molecular weight excluding hydrogens is 312 g/mol. The van der Waals surface area contributed by atoms with E-state index in [9.17, 15) is 0 Å². The summed E-state index contributed by atoms with van der Waals surface area (Å²) >= 11 is 0. The van der Waals surface area contributed by atoms with Crippen molar-refractivity contribution in [2.45, 2.75) is 12.6 Å². The van der Waals surface area contributed by atoms with E-state index < -0.39 is 0 Å². The van der Waals surface area contributed by atoms with Crippen molar-refractivity contribution < 1.29 is 4.74 Å². The fourth-order valence-corrected chi connectivity index (χ4v) is 3.26. The lowest BCUT2D eigenvalue weighted by Gasteiger charge is -2.25. The Morgan fingerprint density at radius 3 is 2.84 bits per heavy atom. The molecule has 4 rings (SSSR count). The van der Waals surface area contributed by atoms with Gasteiger partial charge in [0.15, 0.2) is 0 Å². The first kappa shape index (κ1) is 15.7. The van der Waals surface area contributed by atoms with Crippen LogP contribution in [-0.2, 0) is 6.54 Å². The van der Waals surface area contributed by atoms with Crippen LogP contribution in [0, 0.1) is 0 Å². The molecule has 0 spiro atoms. The van der Waals surface area contributed by atoms with Gasteiger partial charge in [-0.2, -0.15) is 0 Å². The van der Waals surface area contributed by atoms with Gasteiger partial charge in [0.05, 0.1) is 19.7 Å². The first-order chi connectivity index (χ1) is 12.3. The number of nitrogens with one attached hydrogen (secondary N) is 3. The number of benzene rings is 2. The molecular formula is C20H22N4O. The number of amidine groups is 1. The van der Waals surface area contributed by atoms with Crippen LogP contribution in [0.5, 0.6) is 5.75 Å². The van der Waals surface area contributed by atoms with Crippen molar-refractivity contribution >= 4 is 16.7 Å². The van der Waals surface area contributed by atoms with Crippen LogP contribution in [-0.4, -0.2) is 31.0 Å². The number of aliphatic imine (C=N–C) groups is 1. The minimum atomic E-state index is 0.0862. The molecule has 1 aliphatic heterocycles. The van der Waals surface area contributed by atoms with Gasteiger partial charge in [0.25, 0.3) is 0 Å². The van der Waals surface area contributed by atoms with Crippen LogP contribution >= 0.6 is 0 Å². The number of hydrogen-bond acceptors (Lipinski definition) is 4. The number of methoxy groups -OCH3 is 1. The van der Waals surface area contributed by atoms with Crippen molar-refractivity contribution in [2.24, 2.45) is 4.99 Å². The molecule has 1 atom stereocenters. The molecule has 0 fully saturated rings. The second-order valence-corrected chi connectivity index (χ2v) is 6.15. The van der Waals surface area contributed by atoms with Gasteiger partial charge in [-0.15, -0.1) is 0 Å². The number of nitrogens with zero attached hydrogens (tertiary/aromatic N) is 1. The van der Waals surface area contributed by atoms with E-state index in [1.165, 1.54) is 16.5 Å². The molecule has 2 heterocycles. The summed E-state index contributed by atoms with van der Waals surface area (Å²) in [6.07, 6.45) is 2.08. The first-order valence-electron chi connectivity index (χ1n) is 8.55. The Morgan fingerprint density at radius 1 is 1.16 bits per heavy atom. The Balaban J connectivity index is 1.54. The summed E-state index contributed by atoms with van der Waals surface area (Å²) in [7, 11) is 1.68. The molecule has 0 saturated carbocycles. The molecule has 1 unspecified atom stereocenters. The maximum absolute atomic E-state index is 5.21. The standard InChI is InChI=1S/C20H22N4O/c1-25-15-8-6-14(7-9-15)12-24-20-19(21-10-11-22-20)17-13-23-18-5-3-2-4-16(17)18/h2-9,13,19,21,23H,10-12H2,1H3,(H,22,24). The molecule has 25 heavy (non-hydrogen) atoms. The minimum Gasteiger partial charge on any atom is -0.497 e. The Hall–Kier alpha value is -2.79. The van der Waals surface area contributed by atoms with E-state index in [0.29, 0.717) is 0 Å². The number of ether oxygens (including phenoxy) is 1. The normalized spacial score (nSPS) is 17.3. The molecule has 3 N–H and O–H groups in total. The lowest BCUT2D eigenvalue weighted by molar-refractivity contribution is 0.414. The predicted octanol–water partition coefficient (Wildman–Crippen LogP) is 3.01. The number of aromatic nitrogens is 1. The summed E-state index contributed by atoms with van der Waals surface area (Å²) in [5.41, 5.74) is 3.59. The van der Waals surface area contributed by atoms with Crippen LogP contribution in [0.15, 0.2) is 59.7 Å². The largest absolute Gasteiger partial charge is 0.497 e. The second-order valence-electron chi connectivity index (χ2n) is 6.15. The number of para-hydroxylation sites is 1. The van der Waals surface area contributed by atoms with Crippen LogP contribution < -0.4 is 15.4 Å². The summed E-state index contributed by atoms with van der Waals surface area (Å²) in [4.78, 5) is 8.08. The van der Waals surface area contributed by atoms with Crippen LogP contribution in [0.25, 0.3) is 10.9 Å². The summed E-state index contributed by atoms with van der Waals surface area (Å²) in [5.74, 6) is 1.86. The van der Waals surface area contributed by atoms with Crippen molar-refractivity contribution in [3.8, 4) is 5.75 Å². The van der Waals surface area contributed by atoms with Crippen LogP contribution in [0.4, 0.5) is 0 Å². The zero-order valence-corrected chi connectivity index (χ0v) is 14.3. The highest BCUT2D eigenvalue weighted by Gasteiger charge is 2.23. The van der Waals surface area contributed by atoms with Gasteiger partial charge in [-0.1, -0.05) is 30.3 Å². The third-order valence-electron chi connectivity index (χ3n) is 4.58. The molecule has 0 bridgehead atoms. The number of aromatic amines is 1. The molecule has 128 valence electrons. The quantitative estimate of drug-likeness (QED) is 0.687. The minimum absolute atomic E-state index is 0.0862. The smallest absolute Gasteiger partial charge is 0.119 e. The Morgan fingerprint density at radius 2 is 2.00 bits per heavy atom.